The molecule has 0 spiro atoms. The number of fused-ring (bicyclic) bond motifs is 1. The molecule has 4 aromatic rings. The van der Waals surface area contributed by atoms with Gasteiger partial charge in [-0.3, -0.25) is 10.8 Å². The molecule has 4 aromatic carbocycles. The van der Waals surface area contributed by atoms with Gasteiger partial charge in [0.15, 0.2) is 5.15 Å². The van der Waals surface area contributed by atoms with Crippen LogP contribution in [0.5, 0.6) is 0 Å². The smallest absolute Gasteiger partial charge is 0.399 e. The number of allylic oxidation sites excluding steroid dienone is 1. The van der Waals surface area contributed by atoms with Crippen LogP contribution >= 0.6 is 18.5 Å². The summed E-state index contributed by atoms with van der Waals surface area (Å²) < 4.78 is 51.5. The number of nitrogens with one attached hydrogen (secondary N) is 2. The molecule has 0 heterocycles. The fourth-order valence-electron chi connectivity index (χ4n) is 4.05. The van der Waals surface area contributed by atoms with Crippen LogP contribution in [-0.2, 0) is 11.3 Å². The van der Waals surface area contributed by atoms with E-state index in [1.807, 2.05) is 36.4 Å². The van der Waals surface area contributed by atoms with Gasteiger partial charge in [0, 0.05) is 11.3 Å². The first kappa shape index (κ1) is 28.4. The van der Waals surface area contributed by atoms with Crippen molar-refractivity contribution in [1.29, 1.82) is 10.8 Å². The predicted molar refractivity (Wildman–Crippen MR) is 158 cm³/mol. The molecule has 0 saturated heterocycles. The van der Waals surface area contributed by atoms with Crippen molar-refractivity contribution >= 4 is 41.2 Å². The Morgan fingerprint density at radius 3 is 1.56 bits per heavy atom. The summed E-state index contributed by atoms with van der Waals surface area (Å²) in [6.45, 7) is 0. The minimum Gasteiger partial charge on any atom is -0.399 e. The van der Waals surface area contributed by atoms with Crippen LogP contribution in [0, 0.1) is 10.8 Å². The molecule has 5 rings (SSSR count). The largest absolute Gasteiger partial charge is 0.416 e. The van der Waals surface area contributed by atoms with Crippen LogP contribution in [-0.4, -0.2) is 11.4 Å². The van der Waals surface area contributed by atoms with Crippen molar-refractivity contribution in [2.75, 3.05) is 5.73 Å². The fraction of sp³-hybridized carbons (Fsp3) is 0.0667. The van der Waals surface area contributed by atoms with E-state index >= 15 is 0 Å². The zero-order valence-electron chi connectivity index (χ0n) is 20.6. The molecule has 39 heavy (non-hydrogen) atoms. The first-order chi connectivity index (χ1) is 18.3. The SMILES string of the molecule is N=C1C=C(c2ccc(C(F)(F)F)cc2)c2ccccc2C1=N.Nc1ccc(-c2ccc(C(F)(P)P)cc2)cc1. The van der Waals surface area contributed by atoms with Gasteiger partial charge in [0.25, 0.3) is 0 Å². The van der Waals surface area contributed by atoms with E-state index in [2.05, 4.69) is 18.5 Å². The Hall–Kier alpha value is -3.66. The fourth-order valence-corrected chi connectivity index (χ4v) is 4.43. The Balaban J connectivity index is 0.000000187. The van der Waals surface area contributed by atoms with Gasteiger partial charge in [0.05, 0.1) is 17.0 Å². The molecular weight excluding hydrogens is 540 g/mol. The van der Waals surface area contributed by atoms with E-state index in [1.165, 1.54) is 18.2 Å². The molecule has 1 aliphatic carbocycles. The van der Waals surface area contributed by atoms with E-state index in [0.717, 1.165) is 34.5 Å². The number of benzene rings is 4. The summed E-state index contributed by atoms with van der Waals surface area (Å²) in [6.07, 6.45) is -2.85. The monoisotopic (exact) mass is 565 g/mol. The minimum absolute atomic E-state index is 0.0496. The molecule has 0 saturated carbocycles. The van der Waals surface area contributed by atoms with Crippen molar-refractivity contribution in [2.24, 2.45) is 0 Å². The molecular formula is C30H25F4N3P2. The van der Waals surface area contributed by atoms with E-state index in [-0.39, 0.29) is 11.4 Å². The number of alkyl halides is 4. The third-order valence-electron chi connectivity index (χ3n) is 6.14. The lowest BCUT2D eigenvalue weighted by molar-refractivity contribution is -0.137. The Bertz CT molecular complexity index is 1540. The minimum atomic E-state index is -4.37. The maximum absolute atomic E-state index is 13.6. The summed E-state index contributed by atoms with van der Waals surface area (Å²) in [4.78, 5) is 0. The highest BCUT2D eigenvalue weighted by atomic mass is 31.1. The van der Waals surface area contributed by atoms with Gasteiger partial charge >= 0.3 is 6.18 Å². The van der Waals surface area contributed by atoms with Gasteiger partial charge in [-0.2, -0.15) is 13.2 Å². The van der Waals surface area contributed by atoms with Gasteiger partial charge in [-0.1, -0.05) is 91.3 Å². The van der Waals surface area contributed by atoms with Gasteiger partial charge in [-0.05, 0) is 63.7 Å². The van der Waals surface area contributed by atoms with Crippen molar-refractivity contribution < 1.29 is 17.6 Å². The van der Waals surface area contributed by atoms with Crippen molar-refractivity contribution in [3.05, 3.63) is 131 Å². The summed E-state index contributed by atoms with van der Waals surface area (Å²) in [5, 5.41) is 14.3. The molecule has 1 aliphatic rings. The van der Waals surface area contributed by atoms with Crippen LogP contribution in [0.3, 0.4) is 0 Å². The highest BCUT2D eigenvalue weighted by molar-refractivity contribution is 7.38. The molecule has 2 unspecified atom stereocenters. The number of nitrogen functional groups attached to an aromatic ring is 1. The molecule has 4 N–H and O–H groups in total. The van der Waals surface area contributed by atoms with Gasteiger partial charge in [0.1, 0.15) is 0 Å². The van der Waals surface area contributed by atoms with Crippen LogP contribution in [0.4, 0.5) is 23.2 Å². The standard InChI is InChI=1S/C17H11F3N2.C13H14FNP2/c18-17(19,20)11-7-5-10(6-8-11)14-9-15(21)16(22)13-4-2-1-3-12(13)14;14-13(16,17)11-5-1-9(2-6-11)10-3-7-12(15)8-4-10/h1-9,21-22H;1-8H,15-17H2. The number of hydrogen-bond acceptors (Lipinski definition) is 3. The van der Waals surface area contributed by atoms with Gasteiger partial charge in [-0.25, -0.2) is 4.39 Å². The quantitative estimate of drug-likeness (QED) is 0.131. The molecule has 0 radical (unpaired) electrons. The lowest BCUT2D eigenvalue weighted by Crippen LogP contribution is -2.18. The summed E-state index contributed by atoms with van der Waals surface area (Å²) in [5.41, 5.74) is 11.2. The second-order valence-corrected chi connectivity index (χ2v) is 11.3. The van der Waals surface area contributed by atoms with E-state index in [4.69, 9.17) is 16.6 Å². The summed E-state index contributed by atoms with van der Waals surface area (Å²) in [5.74, 6) is 0. The number of rotatable bonds is 3. The maximum atomic E-state index is 13.6. The van der Waals surface area contributed by atoms with Gasteiger partial charge in [-0.15, -0.1) is 0 Å². The molecule has 2 atom stereocenters. The van der Waals surface area contributed by atoms with Gasteiger partial charge < -0.3 is 5.73 Å². The van der Waals surface area contributed by atoms with Gasteiger partial charge in [0.2, 0.25) is 0 Å². The first-order valence-corrected chi connectivity index (χ1v) is 12.9. The molecule has 3 nitrogen and oxygen atoms in total. The van der Waals surface area contributed by atoms with Crippen molar-refractivity contribution in [1.82, 2.24) is 0 Å². The molecule has 0 fully saturated rings. The predicted octanol–water partition coefficient (Wildman–Crippen LogP) is 8.30. The van der Waals surface area contributed by atoms with Crippen LogP contribution in [0.25, 0.3) is 16.7 Å². The van der Waals surface area contributed by atoms with Crippen LogP contribution < -0.4 is 5.73 Å². The van der Waals surface area contributed by atoms with Crippen LogP contribution in [0.2, 0.25) is 0 Å². The third kappa shape index (κ3) is 6.68. The molecule has 0 amide bonds. The second-order valence-electron chi connectivity index (χ2n) is 8.93. The van der Waals surface area contributed by atoms with Crippen molar-refractivity contribution in [3.8, 4) is 11.1 Å². The van der Waals surface area contributed by atoms with E-state index in [9.17, 15) is 17.6 Å². The van der Waals surface area contributed by atoms with Crippen LogP contribution in [0.1, 0.15) is 27.8 Å². The molecule has 0 aromatic heterocycles. The van der Waals surface area contributed by atoms with E-state index in [0.29, 0.717) is 22.3 Å². The molecule has 9 heteroatoms. The lowest BCUT2D eigenvalue weighted by atomic mass is 9.85. The van der Waals surface area contributed by atoms with Crippen molar-refractivity contribution in [2.45, 2.75) is 11.3 Å². The Morgan fingerprint density at radius 2 is 1.05 bits per heavy atom. The first-order valence-electron chi connectivity index (χ1n) is 11.7. The maximum Gasteiger partial charge on any atom is 0.416 e. The molecule has 0 aliphatic heterocycles. The summed E-state index contributed by atoms with van der Waals surface area (Å²) in [7, 11) is 4.32. The molecule has 198 valence electrons. The second kappa shape index (κ2) is 11.2. The lowest BCUT2D eigenvalue weighted by Gasteiger charge is -2.19. The average Bonchev–Trinajstić information content (AvgIpc) is 2.91. The number of hydrogen-bond donors (Lipinski definition) is 3. The van der Waals surface area contributed by atoms with Crippen molar-refractivity contribution in [3.63, 3.8) is 0 Å². The zero-order chi connectivity index (χ0) is 28.4. The Kier molecular flexibility index (Phi) is 8.15. The topological polar surface area (TPSA) is 73.7 Å². The summed E-state index contributed by atoms with van der Waals surface area (Å²) in [6, 6.07) is 27.0. The number of anilines is 1. The average molecular weight is 565 g/mol. The number of halogens is 4. The Morgan fingerprint density at radius 1 is 0.590 bits per heavy atom. The Labute approximate surface area is 228 Å². The summed E-state index contributed by atoms with van der Waals surface area (Å²) >= 11 is 0. The highest BCUT2D eigenvalue weighted by Gasteiger charge is 2.30. The highest BCUT2D eigenvalue weighted by Crippen LogP contribution is 2.40. The number of nitrogens with two attached hydrogens (primary N) is 1. The van der Waals surface area contributed by atoms with E-state index < -0.39 is 16.9 Å². The molecule has 0 bridgehead atoms. The zero-order valence-corrected chi connectivity index (χ0v) is 22.9. The normalized spacial score (nSPS) is 13.2. The van der Waals surface area contributed by atoms with E-state index in [1.54, 1.807) is 36.4 Å². The van der Waals surface area contributed by atoms with Crippen LogP contribution in [0.15, 0.2) is 103 Å². The third-order valence-corrected chi connectivity index (χ3v) is 6.81.